The van der Waals surface area contributed by atoms with Gasteiger partial charge in [0.05, 0.1) is 68.5 Å². The molecule has 2 aliphatic carbocycles. The summed E-state index contributed by atoms with van der Waals surface area (Å²) >= 11 is 0. The van der Waals surface area contributed by atoms with Crippen molar-refractivity contribution in [3.63, 3.8) is 0 Å². The number of fused-ring (bicyclic) bond motifs is 1. The van der Waals surface area contributed by atoms with Crippen molar-refractivity contribution in [2.45, 2.75) is 97.3 Å². The fourth-order valence-electron chi connectivity index (χ4n) is 6.68. The standard InChI is InChI=1S/C35H51N5O7/c1-8-28-33-30(19-35(3,4)20-31(33)42)39(38-28)24-11-14-27(34(36)44)29(17-24)37-23-9-12-25(13-10-23)45-15-16-46-32(43)18-26(47-22(2)41)21-40(5,6)7/h11,14,17,23,25-26H,8-10,12-13,15-16,18-21H2,1-7H3,(H2-,36,37,44)/p+1/t23-,25-,26?. The third-order valence-corrected chi connectivity index (χ3v) is 8.68. The zero-order valence-electron chi connectivity index (χ0n) is 29.0. The van der Waals surface area contributed by atoms with Crippen molar-refractivity contribution in [2.75, 3.05) is 46.2 Å². The van der Waals surface area contributed by atoms with Gasteiger partial charge >= 0.3 is 11.9 Å². The number of carbonyl (C=O) groups is 4. The first kappa shape index (κ1) is 36.1. The molecule has 0 radical (unpaired) electrons. The van der Waals surface area contributed by atoms with Gasteiger partial charge < -0.3 is 29.7 Å². The maximum Gasteiger partial charge on any atom is 0.309 e. The van der Waals surface area contributed by atoms with E-state index >= 15 is 0 Å². The Balaban J connectivity index is 1.32. The van der Waals surface area contributed by atoms with Crippen molar-refractivity contribution in [3.05, 3.63) is 40.7 Å². The molecule has 1 aromatic carbocycles. The number of esters is 2. The Bertz CT molecular complexity index is 1470. The minimum absolute atomic E-state index is 0.000875. The van der Waals surface area contributed by atoms with E-state index in [0.29, 0.717) is 35.1 Å². The Hall–Kier alpha value is -3.77. The highest BCUT2D eigenvalue weighted by atomic mass is 16.6. The molecule has 1 amide bonds. The lowest BCUT2D eigenvalue weighted by molar-refractivity contribution is -0.873. The Morgan fingerprint density at radius 3 is 2.43 bits per heavy atom. The van der Waals surface area contributed by atoms with Crippen LogP contribution < -0.4 is 11.1 Å². The van der Waals surface area contributed by atoms with Crippen molar-refractivity contribution in [1.82, 2.24) is 9.78 Å². The van der Waals surface area contributed by atoms with Gasteiger partial charge in [0.15, 0.2) is 11.9 Å². The van der Waals surface area contributed by atoms with Gasteiger partial charge in [-0.05, 0) is 62.1 Å². The van der Waals surface area contributed by atoms with E-state index in [1.54, 1.807) is 6.07 Å². The third-order valence-electron chi connectivity index (χ3n) is 8.68. The van der Waals surface area contributed by atoms with Crippen LogP contribution in [0.5, 0.6) is 0 Å². The number of likely N-dealkylation sites (N-methyl/N-ethyl adjacent to an activating group) is 1. The lowest BCUT2D eigenvalue weighted by atomic mass is 9.75. The second-order valence-corrected chi connectivity index (χ2v) is 14.7. The summed E-state index contributed by atoms with van der Waals surface area (Å²) in [5.74, 6) is -1.24. The van der Waals surface area contributed by atoms with Gasteiger partial charge in [0.2, 0.25) is 0 Å². The molecule has 4 rings (SSSR count). The number of nitrogens with one attached hydrogen (secondary N) is 1. The molecule has 1 atom stereocenters. The third kappa shape index (κ3) is 9.87. The number of benzene rings is 1. The van der Waals surface area contributed by atoms with Gasteiger partial charge in [-0.25, -0.2) is 4.68 Å². The number of aryl methyl sites for hydroxylation is 1. The van der Waals surface area contributed by atoms with Gasteiger partial charge in [0, 0.05) is 25.1 Å². The number of nitrogens with two attached hydrogens (primary N) is 1. The molecule has 0 aliphatic heterocycles. The summed E-state index contributed by atoms with van der Waals surface area (Å²) in [5, 5.41) is 8.38. The molecular weight excluding hydrogens is 602 g/mol. The second-order valence-electron chi connectivity index (χ2n) is 14.7. The van der Waals surface area contributed by atoms with Crippen molar-refractivity contribution in [1.29, 1.82) is 0 Å². The van der Waals surface area contributed by atoms with E-state index in [9.17, 15) is 19.2 Å². The number of primary amides is 1. The van der Waals surface area contributed by atoms with Gasteiger partial charge in [0.25, 0.3) is 5.91 Å². The first-order valence-corrected chi connectivity index (χ1v) is 16.6. The van der Waals surface area contributed by atoms with Crippen LogP contribution in [0.4, 0.5) is 5.69 Å². The van der Waals surface area contributed by atoms with Crippen molar-refractivity contribution >= 4 is 29.3 Å². The first-order valence-electron chi connectivity index (χ1n) is 16.6. The van der Waals surface area contributed by atoms with Crippen molar-refractivity contribution in [3.8, 4) is 5.69 Å². The topological polar surface area (TPSA) is 152 Å². The van der Waals surface area contributed by atoms with Crippen LogP contribution in [0.2, 0.25) is 0 Å². The molecule has 0 spiro atoms. The number of ether oxygens (including phenoxy) is 3. The van der Waals surface area contributed by atoms with Gasteiger partial charge in [-0.1, -0.05) is 20.8 Å². The van der Waals surface area contributed by atoms with E-state index in [-0.39, 0.29) is 43.0 Å². The number of hydrogen-bond acceptors (Lipinski definition) is 9. The number of aromatic nitrogens is 2. The van der Waals surface area contributed by atoms with Crippen LogP contribution in [0.1, 0.15) is 98.3 Å². The fraction of sp³-hybridized carbons (Fsp3) is 0.629. The minimum atomic E-state index is -0.547. The van der Waals surface area contributed by atoms with Crippen LogP contribution in [-0.2, 0) is 36.6 Å². The predicted octanol–water partition coefficient (Wildman–Crippen LogP) is 4.00. The lowest BCUT2D eigenvalue weighted by Crippen LogP contribution is -2.43. The SMILES string of the molecule is CCc1nn(-c2ccc(C(N)=O)c(N[C@H]3CC[C@H](OCCOC(=O)CC(C[N+](C)(C)C)OC(C)=O)CC3)c2)c2c1C(=O)CC(C)(C)C2. The molecule has 47 heavy (non-hydrogen) atoms. The van der Waals surface area contributed by atoms with E-state index in [2.05, 4.69) is 19.2 Å². The normalized spacial score (nSPS) is 19.9. The quantitative estimate of drug-likeness (QED) is 0.175. The van der Waals surface area contributed by atoms with E-state index in [0.717, 1.165) is 54.7 Å². The second kappa shape index (κ2) is 15.0. The number of nitrogens with zero attached hydrogens (tertiary/aromatic N) is 3. The maximum absolute atomic E-state index is 13.1. The number of ketones is 1. The first-order chi connectivity index (χ1) is 22.0. The van der Waals surface area contributed by atoms with E-state index < -0.39 is 23.9 Å². The molecule has 3 N–H and O–H groups in total. The summed E-state index contributed by atoms with van der Waals surface area (Å²) in [6.45, 7) is 8.45. The molecule has 12 heteroatoms. The monoisotopic (exact) mass is 654 g/mol. The number of quaternary nitrogens is 1. The average Bonchev–Trinajstić information content (AvgIpc) is 3.32. The van der Waals surface area contributed by atoms with E-state index in [1.807, 2.05) is 44.9 Å². The van der Waals surface area contributed by atoms with E-state index in [1.165, 1.54) is 6.92 Å². The molecule has 1 saturated carbocycles. The van der Waals surface area contributed by atoms with Crippen LogP contribution in [-0.4, -0.2) is 97.0 Å². The summed E-state index contributed by atoms with van der Waals surface area (Å²) in [7, 11) is 5.90. The fourth-order valence-corrected chi connectivity index (χ4v) is 6.68. The Morgan fingerprint density at radius 2 is 1.81 bits per heavy atom. The molecule has 1 heterocycles. The highest BCUT2D eigenvalue weighted by molar-refractivity contribution is 6.00. The molecule has 258 valence electrons. The van der Waals surface area contributed by atoms with Crippen molar-refractivity contribution < 1.29 is 37.9 Å². The Kier molecular flexibility index (Phi) is 11.5. The largest absolute Gasteiger partial charge is 0.463 e. The molecule has 2 aliphatic rings. The molecule has 1 aromatic heterocycles. The zero-order chi connectivity index (χ0) is 34.5. The number of rotatable bonds is 14. The summed E-state index contributed by atoms with van der Waals surface area (Å²) < 4.78 is 19.1. The lowest BCUT2D eigenvalue weighted by Gasteiger charge is -2.31. The summed E-state index contributed by atoms with van der Waals surface area (Å²) in [6, 6.07) is 5.57. The Labute approximate surface area is 277 Å². The average molecular weight is 655 g/mol. The molecule has 12 nitrogen and oxygen atoms in total. The Morgan fingerprint density at radius 1 is 1.11 bits per heavy atom. The number of amides is 1. The molecule has 2 aromatic rings. The van der Waals surface area contributed by atoms with Crippen LogP contribution in [0.3, 0.4) is 0 Å². The summed E-state index contributed by atoms with van der Waals surface area (Å²) in [5.41, 5.74) is 9.87. The van der Waals surface area contributed by atoms with Crippen LogP contribution in [0, 0.1) is 5.41 Å². The highest BCUT2D eigenvalue weighted by Gasteiger charge is 2.36. The highest BCUT2D eigenvalue weighted by Crippen LogP contribution is 2.38. The maximum atomic E-state index is 13.1. The summed E-state index contributed by atoms with van der Waals surface area (Å²) in [4.78, 5) is 49.3. The number of hydrogen-bond donors (Lipinski definition) is 2. The van der Waals surface area contributed by atoms with Crippen molar-refractivity contribution in [2.24, 2.45) is 11.1 Å². The van der Waals surface area contributed by atoms with Crippen LogP contribution >= 0.6 is 0 Å². The van der Waals surface area contributed by atoms with Gasteiger partial charge in [-0.2, -0.15) is 5.10 Å². The van der Waals surface area contributed by atoms with Crippen LogP contribution in [0.25, 0.3) is 5.69 Å². The summed E-state index contributed by atoms with van der Waals surface area (Å²) in [6.07, 6.45) is 4.63. The zero-order valence-corrected chi connectivity index (χ0v) is 29.0. The number of Topliss-reactive ketones (excluding diaryl/α,β-unsaturated/α-hetero) is 1. The molecule has 1 unspecified atom stereocenters. The smallest absolute Gasteiger partial charge is 0.309 e. The molecule has 0 saturated heterocycles. The predicted molar refractivity (Wildman–Crippen MR) is 178 cm³/mol. The molecule has 0 bridgehead atoms. The van der Waals surface area contributed by atoms with Gasteiger partial charge in [-0.3, -0.25) is 19.2 Å². The van der Waals surface area contributed by atoms with Gasteiger partial charge in [0.1, 0.15) is 13.2 Å². The molecular formula is C35H52N5O7+. The van der Waals surface area contributed by atoms with Crippen LogP contribution in [0.15, 0.2) is 18.2 Å². The minimum Gasteiger partial charge on any atom is -0.463 e. The van der Waals surface area contributed by atoms with E-state index in [4.69, 9.17) is 25.0 Å². The number of carbonyl (C=O) groups excluding carboxylic acids is 4. The van der Waals surface area contributed by atoms with Gasteiger partial charge in [-0.15, -0.1) is 0 Å². The number of anilines is 1. The molecule has 1 fully saturated rings.